The second-order valence-corrected chi connectivity index (χ2v) is 12.4. The van der Waals surface area contributed by atoms with Crippen molar-refractivity contribution in [3.63, 3.8) is 0 Å². The van der Waals surface area contributed by atoms with Crippen molar-refractivity contribution in [1.82, 2.24) is 15.3 Å². The van der Waals surface area contributed by atoms with E-state index in [9.17, 15) is 49.0 Å². The number of aromatic carboxylic acids is 1. The number of benzene rings is 3. The van der Waals surface area contributed by atoms with Crippen molar-refractivity contribution in [3.05, 3.63) is 124 Å². The summed E-state index contributed by atoms with van der Waals surface area (Å²) in [4.78, 5) is 95.3. The van der Waals surface area contributed by atoms with Crippen molar-refractivity contribution < 1.29 is 53.6 Å². The van der Waals surface area contributed by atoms with E-state index in [0.717, 1.165) is 13.2 Å². The molecule has 0 aliphatic carbocycles. The molecule has 0 spiro atoms. The molecule has 0 aliphatic rings. The summed E-state index contributed by atoms with van der Waals surface area (Å²) in [5, 5.41) is 44.4. The molecule has 5 amide bonds. The molecular weight excluding hydrogens is 784 g/mol. The highest BCUT2D eigenvalue weighted by molar-refractivity contribution is 6.12. The maximum absolute atomic E-state index is 13.2. The van der Waals surface area contributed by atoms with Crippen LogP contribution in [0.1, 0.15) is 54.2 Å². The first-order valence-corrected chi connectivity index (χ1v) is 17.3. The number of nitroso groups, excluding NO2 is 1. The average Bonchev–Trinajstić information content (AvgIpc) is 3.23. The quantitative estimate of drug-likeness (QED) is 0.0514. The van der Waals surface area contributed by atoms with Gasteiger partial charge in [-0.1, -0.05) is 12.1 Å². The molecule has 0 bridgehead atoms. The molecule has 20 nitrogen and oxygen atoms in total. The summed E-state index contributed by atoms with van der Waals surface area (Å²) in [6, 6.07) is 16.4. The maximum atomic E-state index is 13.2. The predicted octanol–water partition coefficient (Wildman–Crippen LogP) is 4.92. The second kappa shape index (κ2) is 19.0. The Morgan fingerprint density at radius 3 is 1.82 bits per heavy atom. The lowest BCUT2D eigenvalue weighted by Gasteiger charge is -2.16. The van der Waals surface area contributed by atoms with Gasteiger partial charge in [-0.05, 0) is 84.4 Å². The van der Waals surface area contributed by atoms with Gasteiger partial charge in [0.25, 0.3) is 23.6 Å². The summed E-state index contributed by atoms with van der Waals surface area (Å²) >= 11 is 0. The summed E-state index contributed by atoms with van der Waals surface area (Å²) in [7, 11) is 2.31. The van der Waals surface area contributed by atoms with E-state index < -0.39 is 59.1 Å². The van der Waals surface area contributed by atoms with Crippen LogP contribution in [0, 0.1) is 4.91 Å². The summed E-state index contributed by atoms with van der Waals surface area (Å²) in [6.07, 6.45) is 4.10. The number of phenolic OH excluding ortho intramolecular Hbond substituents is 1. The van der Waals surface area contributed by atoms with Gasteiger partial charge >= 0.3 is 5.97 Å². The van der Waals surface area contributed by atoms with Crippen molar-refractivity contribution in [1.29, 1.82) is 0 Å². The molecule has 2 heterocycles. The van der Waals surface area contributed by atoms with Crippen molar-refractivity contribution in [2.45, 2.75) is 6.92 Å². The third-order valence-electron chi connectivity index (χ3n) is 8.31. The number of amides is 5. The third kappa shape index (κ3) is 10.2. The Morgan fingerprint density at radius 1 is 0.683 bits per heavy atom. The lowest BCUT2D eigenvalue weighted by molar-refractivity contribution is -0.115. The number of ether oxygens (including phenoxy) is 2. The van der Waals surface area contributed by atoms with Crippen LogP contribution in [0.2, 0.25) is 0 Å². The Balaban J connectivity index is 1.14. The smallest absolute Gasteiger partial charge is 0.339 e. The monoisotopic (exact) mass is 818 g/mol. The number of carboxylic acid groups (broad SMARTS) is 1. The van der Waals surface area contributed by atoms with Crippen molar-refractivity contribution in [2.75, 3.05) is 42.0 Å². The SMILES string of the molecule is COc1c(NC(=O)c2ccc(NC(=O)c3ccc(NC(=O)CNC(=O)c4ccc(NC(=O)/C(C)=C/c5ccc(O)cc5)cn4)cn3)c(OC)c2N=O)ccc(C(=O)O)c1O. The molecule has 8 N–H and O–H groups in total. The van der Waals surface area contributed by atoms with Crippen LogP contribution in [0.5, 0.6) is 23.0 Å². The predicted molar refractivity (Wildman–Crippen MR) is 216 cm³/mol. The molecular formula is C40H34N8O12. The van der Waals surface area contributed by atoms with E-state index in [-0.39, 0.29) is 51.3 Å². The molecule has 0 unspecified atom stereocenters. The number of pyridine rings is 2. The minimum atomic E-state index is -1.44. The molecule has 0 fully saturated rings. The molecule has 0 saturated carbocycles. The van der Waals surface area contributed by atoms with E-state index in [1.807, 2.05) is 0 Å². The topological polar surface area (TPSA) is 297 Å². The Kier molecular flexibility index (Phi) is 13.4. The van der Waals surface area contributed by atoms with Crippen LogP contribution in [0.4, 0.5) is 28.4 Å². The molecule has 20 heteroatoms. The van der Waals surface area contributed by atoms with Gasteiger partial charge in [-0.2, -0.15) is 0 Å². The first-order chi connectivity index (χ1) is 28.7. The number of nitrogens with one attached hydrogen (secondary N) is 5. The van der Waals surface area contributed by atoms with Crippen molar-refractivity contribution >= 4 is 70.0 Å². The van der Waals surface area contributed by atoms with Crippen LogP contribution in [0.15, 0.2) is 95.9 Å². The number of methoxy groups -OCH3 is 2. The molecule has 2 aromatic heterocycles. The molecule has 60 heavy (non-hydrogen) atoms. The number of phenols is 2. The van der Waals surface area contributed by atoms with Gasteiger partial charge in [-0.3, -0.25) is 24.0 Å². The van der Waals surface area contributed by atoms with E-state index in [1.165, 1.54) is 74.1 Å². The lowest BCUT2D eigenvalue weighted by Crippen LogP contribution is -2.33. The number of aromatic hydroxyl groups is 2. The van der Waals surface area contributed by atoms with Gasteiger partial charge in [0, 0.05) is 5.57 Å². The number of carbonyl (C=O) groups is 6. The normalized spacial score (nSPS) is 10.8. The van der Waals surface area contributed by atoms with Gasteiger partial charge in [0.1, 0.15) is 22.7 Å². The Morgan fingerprint density at radius 2 is 1.25 bits per heavy atom. The summed E-state index contributed by atoms with van der Waals surface area (Å²) < 4.78 is 10.3. The zero-order valence-electron chi connectivity index (χ0n) is 31.7. The van der Waals surface area contributed by atoms with Gasteiger partial charge in [0.05, 0.1) is 61.5 Å². The fourth-order valence-electron chi connectivity index (χ4n) is 5.35. The third-order valence-corrected chi connectivity index (χ3v) is 8.31. The van der Waals surface area contributed by atoms with Crippen LogP contribution < -0.4 is 36.1 Å². The molecule has 5 aromatic rings. The Bertz CT molecular complexity index is 2520. The highest BCUT2D eigenvalue weighted by Crippen LogP contribution is 2.41. The van der Waals surface area contributed by atoms with Crippen molar-refractivity contribution in [2.24, 2.45) is 5.18 Å². The van der Waals surface area contributed by atoms with Gasteiger partial charge in [-0.15, -0.1) is 4.91 Å². The van der Waals surface area contributed by atoms with E-state index in [1.54, 1.807) is 25.1 Å². The van der Waals surface area contributed by atoms with Crippen LogP contribution in [-0.2, 0) is 9.59 Å². The van der Waals surface area contributed by atoms with Crippen LogP contribution in [0.25, 0.3) is 6.08 Å². The molecule has 306 valence electrons. The molecule has 0 aliphatic heterocycles. The van der Waals surface area contributed by atoms with Crippen molar-refractivity contribution in [3.8, 4) is 23.0 Å². The van der Waals surface area contributed by atoms with Gasteiger partial charge in [-0.25, -0.2) is 14.8 Å². The van der Waals surface area contributed by atoms with Gasteiger partial charge in [0.15, 0.2) is 22.9 Å². The average molecular weight is 819 g/mol. The van der Waals surface area contributed by atoms with E-state index >= 15 is 0 Å². The number of nitrogens with zero attached hydrogens (tertiary/aromatic N) is 3. The van der Waals surface area contributed by atoms with Crippen LogP contribution >= 0.6 is 0 Å². The van der Waals surface area contributed by atoms with Crippen LogP contribution in [-0.4, -0.2) is 81.6 Å². The fraction of sp³-hybridized carbons (Fsp3) is 0.100. The van der Waals surface area contributed by atoms with E-state index in [0.29, 0.717) is 16.8 Å². The molecule has 3 aromatic carbocycles. The largest absolute Gasteiger partial charge is 0.508 e. The maximum Gasteiger partial charge on any atom is 0.339 e. The molecule has 0 saturated heterocycles. The minimum Gasteiger partial charge on any atom is -0.508 e. The molecule has 0 atom stereocenters. The Labute approximate surface area is 339 Å². The number of carbonyl (C=O) groups excluding carboxylic acids is 5. The number of hydrogen-bond acceptors (Lipinski definition) is 14. The first kappa shape index (κ1) is 42.5. The Hall–Kier alpha value is -8.68. The molecule has 5 rings (SSSR count). The summed E-state index contributed by atoms with van der Waals surface area (Å²) in [6.45, 7) is 1.17. The number of anilines is 4. The van der Waals surface area contributed by atoms with Gasteiger partial charge < -0.3 is 51.4 Å². The highest BCUT2D eigenvalue weighted by atomic mass is 16.5. The molecule has 0 radical (unpaired) electrons. The summed E-state index contributed by atoms with van der Waals surface area (Å²) in [5.74, 6) is -6.09. The zero-order valence-corrected chi connectivity index (χ0v) is 31.7. The van der Waals surface area contributed by atoms with E-state index in [2.05, 4.69) is 41.7 Å². The number of hydrogen-bond donors (Lipinski definition) is 8. The zero-order chi connectivity index (χ0) is 43.5. The fourth-order valence-corrected chi connectivity index (χ4v) is 5.35. The first-order valence-electron chi connectivity index (χ1n) is 17.3. The lowest BCUT2D eigenvalue weighted by atomic mass is 10.1. The standard InChI is InChI=1S/C40H34N8O12/c1-20(16-21-4-8-24(49)9-5-21)36(52)45-23-7-12-29(41-18-23)38(54)43-19-31(50)44-22-6-13-30(42-17-22)39(55)47-27-14-10-25(32(48-58)34(27)59-2)37(53)46-28-15-11-26(40(56)57)33(51)35(28)60-3/h4-18,49,51H,19H2,1-3H3,(H,43,54)(H,44,50)(H,45,52)(H,46,53)(H,47,55)(H,56,57)/b20-16+. The second-order valence-electron chi connectivity index (χ2n) is 12.4. The number of carboxylic acids is 1. The number of aromatic nitrogens is 2. The minimum absolute atomic E-state index is 0.0219. The van der Waals surface area contributed by atoms with Gasteiger partial charge in [0.2, 0.25) is 5.91 Å². The van der Waals surface area contributed by atoms with E-state index in [4.69, 9.17) is 9.47 Å². The highest BCUT2D eigenvalue weighted by Gasteiger charge is 2.25. The number of rotatable bonds is 15. The van der Waals surface area contributed by atoms with Crippen LogP contribution in [0.3, 0.4) is 0 Å². The summed E-state index contributed by atoms with van der Waals surface area (Å²) in [5.41, 5.74) is -0.00612.